The van der Waals surface area contributed by atoms with E-state index < -0.39 is 17.3 Å². The van der Waals surface area contributed by atoms with Crippen molar-refractivity contribution in [3.05, 3.63) is 28.7 Å². The molecule has 21 heavy (non-hydrogen) atoms. The van der Waals surface area contributed by atoms with Crippen LogP contribution in [0.4, 0.5) is 5.69 Å². The molecule has 112 valence electrons. The van der Waals surface area contributed by atoms with Gasteiger partial charge in [0.15, 0.2) is 0 Å². The molecule has 2 rings (SSSR count). The van der Waals surface area contributed by atoms with Crippen LogP contribution >= 0.6 is 15.9 Å². The van der Waals surface area contributed by atoms with Gasteiger partial charge in [-0.1, -0.05) is 15.9 Å². The van der Waals surface area contributed by atoms with Crippen LogP contribution in [-0.2, 0) is 14.4 Å². The van der Waals surface area contributed by atoms with E-state index in [0.29, 0.717) is 18.5 Å². The summed E-state index contributed by atoms with van der Waals surface area (Å²) >= 11 is 3.30. The zero-order valence-corrected chi connectivity index (χ0v) is 12.8. The molecule has 0 saturated heterocycles. The van der Waals surface area contributed by atoms with E-state index in [1.165, 1.54) is 0 Å². The lowest BCUT2D eigenvalue weighted by molar-refractivity contribution is -0.149. The zero-order valence-electron chi connectivity index (χ0n) is 11.2. The van der Waals surface area contributed by atoms with Gasteiger partial charge in [-0.2, -0.15) is 0 Å². The number of carbonyl (C=O) groups excluding carboxylic acids is 2. The lowest BCUT2D eigenvalue weighted by Gasteiger charge is -2.10. The van der Waals surface area contributed by atoms with Crippen LogP contribution in [0.3, 0.4) is 0 Å². The van der Waals surface area contributed by atoms with Gasteiger partial charge in [0.25, 0.3) is 0 Å². The molecule has 0 aliphatic heterocycles. The summed E-state index contributed by atoms with van der Waals surface area (Å²) in [5.41, 5.74) is -0.596. The summed E-state index contributed by atoms with van der Waals surface area (Å²) in [5, 5.41) is 14.2. The second kappa shape index (κ2) is 6.26. The Hall–Kier alpha value is -1.89. The van der Waals surface area contributed by atoms with E-state index in [2.05, 4.69) is 26.6 Å². The first-order valence-corrected chi connectivity index (χ1v) is 7.30. The number of anilines is 1. The Kier molecular flexibility index (Phi) is 4.62. The monoisotopic (exact) mass is 354 g/mol. The summed E-state index contributed by atoms with van der Waals surface area (Å²) < 4.78 is 0.913. The molecular weight excluding hydrogens is 340 g/mol. The van der Waals surface area contributed by atoms with Crippen molar-refractivity contribution in [2.45, 2.75) is 19.3 Å². The Balaban J connectivity index is 1.73. The van der Waals surface area contributed by atoms with Crippen molar-refractivity contribution >= 4 is 39.4 Å². The van der Waals surface area contributed by atoms with Crippen LogP contribution in [0.5, 0.6) is 0 Å². The molecule has 3 N–H and O–H groups in total. The minimum atomic E-state index is -1.26. The van der Waals surface area contributed by atoms with Gasteiger partial charge in [0, 0.05) is 23.1 Å². The van der Waals surface area contributed by atoms with Gasteiger partial charge in [0.2, 0.25) is 11.8 Å². The van der Waals surface area contributed by atoms with Crippen LogP contribution in [0.2, 0.25) is 0 Å². The van der Waals surface area contributed by atoms with Crippen LogP contribution in [-0.4, -0.2) is 29.4 Å². The first-order chi connectivity index (χ1) is 9.94. The number of carbonyl (C=O) groups is 3. The number of amides is 2. The largest absolute Gasteiger partial charge is 0.480 e. The number of carboxylic acids is 1. The lowest BCUT2D eigenvalue weighted by Crippen LogP contribution is -2.38. The molecule has 0 unspecified atom stereocenters. The maximum Gasteiger partial charge on any atom is 0.319 e. The predicted octanol–water partition coefficient (Wildman–Crippen LogP) is 1.76. The zero-order chi connectivity index (χ0) is 15.5. The van der Waals surface area contributed by atoms with E-state index >= 15 is 0 Å². The van der Waals surface area contributed by atoms with Crippen molar-refractivity contribution in [2.75, 3.05) is 11.9 Å². The predicted molar refractivity (Wildman–Crippen MR) is 79.7 cm³/mol. The Morgan fingerprint density at radius 1 is 1.19 bits per heavy atom. The second-order valence-electron chi connectivity index (χ2n) is 4.95. The smallest absolute Gasteiger partial charge is 0.319 e. The van der Waals surface area contributed by atoms with Crippen LogP contribution < -0.4 is 10.6 Å². The number of nitrogens with one attached hydrogen (secondary N) is 2. The normalized spacial score (nSPS) is 15.1. The molecule has 6 nitrogen and oxygen atoms in total. The first-order valence-electron chi connectivity index (χ1n) is 6.51. The fraction of sp³-hybridized carbons (Fsp3) is 0.357. The lowest BCUT2D eigenvalue weighted by atomic mass is 10.1. The Labute approximate surface area is 130 Å². The number of hydrogen-bond donors (Lipinski definition) is 3. The molecule has 7 heteroatoms. The van der Waals surface area contributed by atoms with Gasteiger partial charge < -0.3 is 15.7 Å². The molecule has 0 spiro atoms. The van der Waals surface area contributed by atoms with Crippen molar-refractivity contribution in [1.29, 1.82) is 0 Å². The fourth-order valence-corrected chi connectivity index (χ4v) is 2.14. The highest BCUT2D eigenvalue weighted by Crippen LogP contribution is 2.45. The van der Waals surface area contributed by atoms with E-state index in [1.807, 2.05) is 0 Å². The van der Waals surface area contributed by atoms with Crippen molar-refractivity contribution in [2.24, 2.45) is 5.41 Å². The highest BCUT2D eigenvalue weighted by atomic mass is 79.9. The summed E-state index contributed by atoms with van der Waals surface area (Å²) in [5.74, 6) is -1.84. The average Bonchev–Trinajstić information content (AvgIpc) is 3.23. The molecular formula is C14H15BrN2O4. The van der Waals surface area contributed by atoms with E-state index in [9.17, 15) is 14.4 Å². The summed E-state index contributed by atoms with van der Waals surface area (Å²) in [6.45, 7) is 0.121. The minimum absolute atomic E-state index is 0.0947. The summed E-state index contributed by atoms with van der Waals surface area (Å²) in [7, 11) is 0. The first kappa shape index (κ1) is 15.5. The maximum absolute atomic E-state index is 11.7. The van der Waals surface area contributed by atoms with Crippen LogP contribution in [0.1, 0.15) is 19.3 Å². The average molecular weight is 355 g/mol. The van der Waals surface area contributed by atoms with Gasteiger partial charge in [-0.05, 0) is 37.1 Å². The molecule has 1 aromatic rings. The van der Waals surface area contributed by atoms with Crippen molar-refractivity contribution in [3.8, 4) is 0 Å². The third-order valence-electron chi connectivity index (χ3n) is 3.36. The third-order valence-corrected chi connectivity index (χ3v) is 3.89. The number of aliphatic carboxylic acids is 1. The molecule has 1 aliphatic rings. The van der Waals surface area contributed by atoms with Gasteiger partial charge >= 0.3 is 5.97 Å². The fourth-order valence-electron chi connectivity index (χ4n) is 1.88. The molecule has 0 bridgehead atoms. The number of rotatable bonds is 6. The van der Waals surface area contributed by atoms with Gasteiger partial charge in [-0.3, -0.25) is 14.4 Å². The van der Waals surface area contributed by atoms with E-state index in [0.717, 1.165) is 4.47 Å². The van der Waals surface area contributed by atoms with E-state index in [-0.39, 0.29) is 18.9 Å². The molecule has 0 atom stereocenters. The SMILES string of the molecule is O=C(CCNC(=O)C1(C(=O)O)CC1)Nc1ccc(Br)cc1. The second-order valence-corrected chi connectivity index (χ2v) is 5.86. The summed E-state index contributed by atoms with van der Waals surface area (Å²) in [6, 6.07) is 7.12. The standard InChI is InChI=1S/C14H15BrN2O4/c15-9-1-3-10(4-2-9)17-11(18)5-8-16-12(19)14(6-7-14)13(20)21/h1-4H,5-8H2,(H,16,19)(H,17,18)(H,20,21). The molecule has 1 saturated carbocycles. The van der Waals surface area contributed by atoms with Crippen molar-refractivity contribution in [3.63, 3.8) is 0 Å². The molecule has 1 aromatic carbocycles. The number of hydrogen-bond acceptors (Lipinski definition) is 3. The van der Waals surface area contributed by atoms with E-state index in [4.69, 9.17) is 5.11 Å². The van der Waals surface area contributed by atoms with Gasteiger partial charge in [-0.25, -0.2) is 0 Å². The van der Waals surface area contributed by atoms with Gasteiger partial charge in [-0.15, -0.1) is 0 Å². The molecule has 0 heterocycles. The van der Waals surface area contributed by atoms with Crippen molar-refractivity contribution in [1.82, 2.24) is 5.32 Å². The Morgan fingerprint density at radius 3 is 2.33 bits per heavy atom. The molecule has 1 fully saturated rings. The molecule has 2 amide bonds. The van der Waals surface area contributed by atoms with Crippen LogP contribution in [0, 0.1) is 5.41 Å². The Bertz CT molecular complexity index is 567. The summed E-state index contributed by atoms with van der Waals surface area (Å²) in [6.07, 6.45) is 0.815. The third kappa shape index (κ3) is 3.81. The molecule has 0 aromatic heterocycles. The number of halogens is 1. The maximum atomic E-state index is 11.7. The number of benzene rings is 1. The number of carboxylic acid groups (broad SMARTS) is 1. The van der Waals surface area contributed by atoms with Crippen LogP contribution in [0.15, 0.2) is 28.7 Å². The van der Waals surface area contributed by atoms with Gasteiger partial charge in [0.1, 0.15) is 5.41 Å². The molecule has 1 aliphatic carbocycles. The Morgan fingerprint density at radius 2 is 1.81 bits per heavy atom. The summed E-state index contributed by atoms with van der Waals surface area (Å²) in [4.78, 5) is 34.4. The van der Waals surface area contributed by atoms with Crippen molar-refractivity contribution < 1.29 is 19.5 Å². The topological polar surface area (TPSA) is 95.5 Å². The quantitative estimate of drug-likeness (QED) is 0.678. The van der Waals surface area contributed by atoms with Crippen LogP contribution in [0.25, 0.3) is 0 Å². The highest BCUT2D eigenvalue weighted by molar-refractivity contribution is 9.10. The minimum Gasteiger partial charge on any atom is -0.480 e. The van der Waals surface area contributed by atoms with Gasteiger partial charge in [0.05, 0.1) is 0 Å². The molecule has 0 radical (unpaired) electrons. The highest BCUT2D eigenvalue weighted by Gasteiger charge is 2.56. The van der Waals surface area contributed by atoms with E-state index in [1.54, 1.807) is 24.3 Å².